The molecule has 1 fully saturated rings. The lowest BCUT2D eigenvalue weighted by molar-refractivity contribution is -0.0160. The van der Waals surface area contributed by atoms with Crippen molar-refractivity contribution in [3.63, 3.8) is 0 Å². The lowest BCUT2D eigenvalue weighted by atomic mass is 9.95. The summed E-state index contributed by atoms with van der Waals surface area (Å²) in [5.41, 5.74) is 2.28. The number of para-hydroxylation sites is 1. The molecule has 3 heteroatoms. The van der Waals surface area contributed by atoms with E-state index in [9.17, 15) is 0 Å². The van der Waals surface area contributed by atoms with Crippen LogP contribution in [0.2, 0.25) is 5.02 Å². The molecule has 2 nitrogen and oxygen atoms in total. The van der Waals surface area contributed by atoms with Crippen LogP contribution in [-0.4, -0.2) is 18.8 Å². The number of aryl methyl sites for hydroxylation is 1. The van der Waals surface area contributed by atoms with Gasteiger partial charge in [-0.1, -0.05) is 37.6 Å². The van der Waals surface area contributed by atoms with E-state index >= 15 is 0 Å². The molecule has 2 atom stereocenters. The summed E-state index contributed by atoms with van der Waals surface area (Å²) in [6.07, 6.45) is 2.47. The predicted octanol–water partition coefficient (Wildman–Crippen LogP) is 4.26. The molecule has 0 bridgehead atoms. The number of anilines is 1. The van der Waals surface area contributed by atoms with Crippen molar-refractivity contribution in [2.24, 2.45) is 5.92 Å². The minimum absolute atomic E-state index is 0.360. The van der Waals surface area contributed by atoms with Gasteiger partial charge in [-0.2, -0.15) is 0 Å². The Morgan fingerprint density at radius 3 is 2.83 bits per heavy atom. The van der Waals surface area contributed by atoms with Crippen LogP contribution in [0.1, 0.15) is 32.3 Å². The highest BCUT2D eigenvalue weighted by atomic mass is 35.5. The van der Waals surface area contributed by atoms with E-state index in [0.29, 0.717) is 18.1 Å². The van der Waals surface area contributed by atoms with Gasteiger partial charge in [-0.3, -0.25) is 0 Å². The fraction of sp³-hybridized carbons (Fsp3) is 0.600. The fourth-order valence-electron chi connectivity index (χ4n) is 2.44. The molecular weight excluding hydrogens is 246 g/mol. The topological polar surface area (TPSA) is 21.3 Å². The third kappa shape index (κ3) is 3.18. The highest BCUT2D eigenvalue weighted by Gasteiger charge is 2.25. The lowest BCUT2D eigenvalue weighted by Gasteiger charge is -2.33. The molecule has 0 radical (unpaired) electrons. The molecule has 0 spiro atoms. The van der Waals surface area contributed by atoms with Gasteiger partial charge in [-0.15, -0.1) is 0 Å². The SMILES string of the molecule is Cc1cccc(Cl)c1NC1CCOC(C(C)C)C1. The molecule has 1 aromatic rings. The number of hydrogen-bond donors (Lipinski definition) is 1. The maximum Gasteiger partial charge on any atom is 0.0640 e. The van der Waals surface area contributed by atoms with Crippen LogP contribution in [0, 0.1) is 12.8 Å². The van der Waals surface area contributed by atoms with Crippen molar-refractivity contribution >= 4 is 17.3 Å². The Hall–Kier alpha value is -0.730. The number of benzene rings is 1. The van der Waals surface area contributed by atoms with E-state index in [-0.39, 0.29) is 0 Å². The van der Waals surface area contributed by atoms with Gasteiger partial charge in [-0.25, -0.2) is 0 Å². The number of halogens is 1. The molecule has 0 amide bonds. The van der Waals surface area contributed by atoms with E-state index in [4.69, 9.17) is 16.3 Å². The molecule has 100 valence electrons. The Bertz CT molecular complexity index is 385. The summed E-state index contributed by atoms with van der Waals surface area (Å²) in [5, 5.41) is 4.40. The van der Waals surface area contributed by atoms with Crippen LogP contribution in [0.5, 0.6) is 0 Å². The van der Waals surface area contributed by atoms with Gasteiger partial charge in [0.15, 0.2) is 0 Å². The highest BCUT2D eigenvalue weighted by Crippen LogP contribution is 2.29. The summed E-state index contributed by atoms with van der Waals surface area (Å²) in [7, 11) is 0. The summed E-state index contributed by atoms with van der Waals surface area (Å²) in [6.45, 7) is 7.36. The maximum atomic E-state index is 6.25. The van der Waals surface area contributed by atoms with E-state index in [2.05, 4.69) is 32.2 Å². The van der Waals surface area contributed by atoms with Gasteiger partial charge >= 0.3 is 0 Å². The van der Waals surface area contributed by atoms with Crippen LogP contribution in [0.4, 0.5) is 5.69 Å². The van der Waals surface area contributed by atoms with E-state index in [1.807, 2.05) is 12.1 Å². The third-order valence-corrected chi connectivity index (χ3v) is 3.94. The first-order valence-electron chi connectivity index (χ1n) is 6.71. The summed E-state index contributed by atoms with van der Waals surface area (Å²) >= 11 is 6.25. The minimum Gasteiger partial charge on any atom is -0.381 e. The van der Waals surface area contributed by atoms with Crippen molar-refractivity contribution in [2.45, 2.75) is 45.8 Å². The minimum atomic E-state index is 0.360. The predicted molar refractivity (Wildman–Crippen MR) is 77.4 cm³/mol. The van der Waals surface area contributed by atoms with Crippen molar-refractivity contribution in [1.82, 2.24) is 0 Å². The lowest BCUT2D eigenvalue weighted by Crippen LogP contribution is -2.36. The molecule has 2 rings (SSSR count). The number of rotatable bonds is 3. The molecule has 0 aliphatic carbocycles. The molecule has 1 aliphatic rings. The van der Waals surface area contributed by atoms with E-state index in [1.54, 1.807) is 0 Å². The molecule has 1 saturated heterocycles. The first-order valence-corrected chi connectivity index (χ1v) is 7.09. The van der Waals surface area contributed by atoms with E-state index < -0.39 is 0 Å². The average Bonchev–Trinajstić information content (AvgIpc) is 2.34. The first kappa shape index (κ1) is 13.7. The largest absolute Gasteiger partial charge is 0.381 e. The van der Waals surface area contributed by atoms with E-state index in [1.165, 1.54) is 5.56 Å². The smallest absolute Gasteiger partial charge is 0.0640 e. The van der Waals surface area contributed by atoms with Crippen molar-refractivity contribution in [3.8, 4) is 0 Å². The standard InChI is InChI=1S/C15H22ClNO/c1-10(2)14-9-12(7-8-18-14)17-15-11(3)5-4-6-13(15)16/h4-6,10,12,14,17H,7-9H2,1-3H3. The van der Waals surface area contributed by atoms with Gasteiger partial charge in [0.25, 0.3) is 0 Å². The van der Waals surface area contributed by atoms with Crippen LogP contribution in [-0.2, 0) is 4.74 Å². The van der Waals surface area contributed by atoms with Gasteiger partial charge in [0, 0.05) is 12.6 Å². The van der Waals surface area contributed by atoms with Gasteiger partial charge in [0.05, 0.1) is 16.8 Å². The first-order chi connectivity index (χ1) is 8.58. The Morgan fingerprint density at radius 2 is 2.17 bits per heavy atom. The number of ether oxygens (including phenoxy) is 1. The van der Waals surface area contributed by atoms with Crippen molar-refractivity contribution < 1.29 is 4.74 Å². The Labute approximate surface area is 115 Å². The molecule has 1 N–H and O–H groups in total. The number of nitrogens with one attached hydrogen (secondary N) is 1. The summed E-state index contributed by atoms with van der Waals surface area (Å²) in [6, 6.07) is 6.48. The van der Waals surface area contributed by atoms with Crippen LogP contribution < -0.4 is 5.32 Å². The second-order valence-electron chi connectivity index (χ2n) is 5.45. The van der Waals surface area contributed by atoms with Gasteiger partial charge < -0.3 is 10.1 Å². The molecule has 0 saturated carbocycles. The van der Waals surface area contributed by atoms with Crippen molar-refractivity contribution in [2.75, 3.05) is 11.9 Å². The molecular formula is C15H22ClNO. The van der Waals surface area contributed by atoms with Gasteiger partial charge in [-0.05, 0) is 37.3 Å². The second kappa shape index (κ2) is 5.94. The molecule has 2 unspecified atom stereocenters. The quantitative estimate of drug-likeness (QED) is 0.883. The van der Waals surface area contributed by atoms with Crippen LogP contribution in [0.3, 0.4) is 0 Å². The average molecular weight is 268 g/mol. The third-order valence-electron chi connectivity index (χ3n) is 3.63. The molecule has 1 aromatic carbocycles. The summed E-state index contributed by atoms with van der Waals surface area (Å²) < 4.78 is 5.79. The fourth-order valence-corrected chi connectivity index (χ4v) is 2.72. The Balaban J connectivity index is 2.05. The molecule has 18 heavy (non-hydrogen) atoms. The second-order valence-corrected chi connectivity index (χ2v) is 5.86. The number of hydrogen-bond acceptors (Lipinski definition) is 2. The molecule has 0 aromatic heterocycles. The molecule has 1 heterocycles. The summed E-state index contributed by atoms with van der Waals surface area (Å²) in [4.78, 5) is 0. The van der Waals surface area contributed by atoms with Crippen molar-refractivity contribution in [3.05, 3.63) is 28.8 Å². The van der Waals surface area contributed by atoms with Gasteiger partial charge in [0.1, 0.15) is 0 Å². The Kier molecular flexibility index (Phi) is 4.52. The van der Waals surface area contributed by atoms with Crippen molar-refractivity contribution in [1.29, 1.82) is 0 Å². The normalized spacial score (nSPS) is 24.3. The summed E-state index contributed by atoms with van der Waals surface area (Å²) in [5.74, 6) is 0.571. The zero-order valence-electron chi connectivity index (χ0n) is 11.4. The van der Waals surface area contributed by atoms with Crippen LogP contribution in [0.15, 0.2) is 18.2 Å². The zero-order chi connectivity index (χ0) is 13.1. The molecule has 1 aliphatic heterocycles. The van der Waals surface area contributed by atoms with Crippen LogP contribution >= 0.6 is 11.6 Å². The van der Waals surface area contributed by atoms with E-state index in [0.717, 1.165) is 30.2 Å². The highest BCUT2D eigenvalue weighted by molar-refractivity contribution is 6.33. The van der Waals surface area contributed by atoms with Gasteiger partial charge in [0.2, 0.25) is 0 Å². The Morgan fingerprint density at radius 1 is 1.39 bits per heavy atom. The van der Waals surface area contributed by atoms with Crippen LogP contribution in [0.25, 0.3) is 0 Å². The maximum absolute atomic E-state index is 6.25. The zero-order valence-corrected chi connectivity index (χ0v) is 12.1. The monoisotopic (exact) mass is 267 g/mol.